The van der Waals surface area contributed by atoms with Crippen molar-refractivity contribution < 1.29 is 0 Å². The molecule has 2 aromatic rings. The lowest BCUT2D eigenvalue weighted by molar-refractivity contribution is 0.567. The van der Waals surface area contributed by atoms with Gasteiger partial charge in [0.2, 0.25) is 0 Å². The second kappa shape index (κ2) is 6.99. The van der Waals surface area contributed by atoms with Crippen molar-refractivity contribution in [2.75, 3.05) is 6.54 Å². The Hall–Kier alpha value is -1.75. The highest BCUT2D eigenvalue weighted by atomic mass is 15.3. The summed E-state index contributed by atoms with van der Waals surface area (Å²) in [6.07, 6.45) is 9.69. The SMILES string of the molecule is CCCNC(c1cnn(CCC)c1)c1ncccn1. The molecule has 0 radical (unpaired) electrons. The van der Waals surface area contributed by atoms with Crippen molar-refractivity contribution in [2.45, 2.75) is 39.3 Å². The Labute approximate surface area is 114 Å². The Morgan fingerprint density at radius 3 is 2.68 bits per heavy atom. The number of rotatable bonds is 7. The summed E-state index contributed by atoms with van der Waals surface area (Å²) in [7, 11) is 0. The molecule has 5 nitrogen and oxygen atoms in total. The molecule has 1 unspecified atom stereocenters. The molecule has 0 spiro atoms. The Bertz CT molecular complexity index is 480. The number of nitrogens with one attached hydrogen (secondary N) is 1. The van der Waals surface area contributed by atoms with E-state index in [1.807, 2.05) is 16.9 Å². The zero-order valence-corrected chi connectivity index (χ0v) is 11.6. The summed E-state index contributed by atoms with van der Waals surface area (Å²) >= 11 is 0. The average Bonchev–Trinajstić information content (AvgIpc) is 2.89. The van der Waals surface area contributed by atoms with Gasteiger partial charge in [-0.15, -0.1) is 0 Å². The van der Waals surface area contributed by atoms with Crippen LogP contribution in [0.4, 0.5) is 0 Å². The highest BCUT2D eigenvalue weighted by molar-refractivity contribution is 5.19. The van der Waals surface area contributed by atoms with Crippen LogP contribution in [0.15, 0.2) is 30.9 Å². The molecule has 2 aromatic heterocycles. The van der Waals surface area contributed by atoms with E-state index in [2.05, 4.69) is 40.4 Å². The zero-order valence-electron chi connectivity index (χ0n) is 11.6. The molecule has 0 saturated heterocycles. The second-order valence-corrected chi connectivity index (χ2v) is 4.53. The predicted molar refractivity (Wildman–Crippen MR) is 74.7 cm³/mol. The lowest BCUT2D eigenvalue weighted by Crippen LogP contribution is -2.24. The summed E-state index contributed by atoms with van der Waals surface area (Å²) < 4.78 is 1.97. The molecule has 2 heterocycles. The third-order valence-corrected chi connectivity index (χ3v) is 2.88. The fourth-order valence-electron chi connectivity index (χ4n) is 1.99. The van der Waals surface area contributed by atoms with Crippen LogP contribution < -0.4 is 5.32 Å². The number of aromatic nitrogens is 4. The van der Waals surface area contributed by atoms with Crippen molar-refractivity contribution in [1.82, 2.24) is 25.1 Å². The predicted octanol–water partition coefficient (Wildman–Crippen LogP) is 2.17. The maximum Gasteiger partial charge on any atom is 0.149 e. The second-order valence-electron chi connectivity index (χ2n) is 4.53. The van der Waals surface area contributed by atoms with E-state index in [1.54, 1.807) is 12.4 Å². The molecule has 0 amide bonds. The van der Waals surface area contributed by atoms with Crippen molar-refractivity contribution in [2.24, 2.45) is 0 Å². The van der Waals surface area contributed by atoms with Gasteiger partial charge in [-0.2, -0.15) is 5.10 Å². The van der Waals surface area contributed by atoms with Crippen LogP contribution in [-0.4, -0.2) is 26.3 Å². The molecular formula is C14H21N5. The van der Waals surface area contributed by atoms with Gasteiger partial charge >= 0.3 is 0 Å². The maximum absolute atomic E-state index is 4.38. The van der Waals surface area contributed by atoms with Gasteiger partial charge in [0.05, 0.1) is 12.2 Å². The van der Waals surface area contributed by atoms with Gasteiger partial charge in [-0.3, -0.25) is 4.68 Å². The Morgan fingerprint density at radius 2 is 2.00 bits per heavy atom. The van der Waals surface area contributed by atoms with Gasteiger partial charge in [0, 0.05) is 30.7 Å². The number of nitrogens with zero attached hydrogens (tertiary/aromatic N) is 4. The van der Waals surface area contributed by atoms with Crippen LogP contribution in [0.2, 0.25) is 0 Å². The number of hydrogen-bond donors (Lipinski definition) is 1. The first-order chi connectivity index (χ1) is 9.35. The van der Waals surface area contributed by atoms with Crippen LogP contribution in [0, 0.1) is 0 Å². The summed E-state index contributed by atoms with van der Waals surface area (Å²) in [5.74, 6) is 0.798. The van der Waals surface area contributed by atoms with Gasteiger partial charge in [-0.1, -0.05) is 13.8 Å². The fourth-order valence-corrected chi connectivity index (χ4v) is 1.99. The zero-order chi connectivity index (χ0) is 13.5. The van der Waals surface area contributed by atoms with Gasteiger partial charge < -0.3 is 5.32 Å². The highest BCUT2D eigenvalue weighted by Crippen LogP contribution is 2.18. The molecule has 0 fully saturated rings. The fraction of sp³-hybridized carbons (Fsp3) is 0.500. The van der Waals surface area contributed by atoms with Crippen LogP contribution in [0.1, 0.15) is 44.1 Å². The van der Waals surface area contributed by atoms with Crippen molar-refractivity contribution in [3.8, 4) is 0 Å². The van der Waals surface area contributed by atoms with Crippen LogP contribution in [0.5, 0.6) is 0 Å². The van der Waals surface area contributed by atoms with Crippen molar-refractivity contribution in [1.29, 1.82) is 0 Å². The number of hydrogen-bond acceptors (Lipinski definition) is 4. The molecule has 5 heteroatoms. The molecule has 0 aliphatic carbocycles. The molecule has 102 valence electrons. The van der Waals surface area contributed by atoms with E-state index < -0.39 is 0 Å². The lowest BCUT2D eigenvalue weighted by atomic mass is 10.1. The standard InChI is InChI=1S/C14H21N5/c1-3-6-15-13(14-16-7-5-8-17-14)12-10-18-19(11-12)9-4-2/h5,7-8,10-11,13,15H,3-4,6,9H2,1-2H3. The Kier molecular flexibility index (Phi) is 5.03. The minimum atomic E-state index is 0.0201. The van der Waals surface area contributed by atoms with E-state index in [1.165, 1.54) is 0 Å². The summed E-state index contributed by atoms with van der Waals surface area (Å²) in [4.78, 5) is 8.71. The molecule has 2 rings (SSSR count). The molecule has 1 atom stereocenters. The Morgan fingerprint density at radius 1 is 1.21 bits per heavy atom. The van der Waals surface area contributed by atoms with E-state index in [-0.39, 0.29) is 6.04 Å². The third-order valence-electron chi connectivity index (χ3n) is 2.88. The molecule has 0 aliphatic heterocycles. The van der Waals surface area contributed by atoms with Gasteiger partial charge in [0.1, 0.15) is 5.82 Å². The first-order valence-electron chi connectivity index (χ1n) is 6.87. The number of aryl methyl sites for hydroxylation is 1. The van der Waals surface area contributed by atoms with E-state index in [0.717, 1.165) is 37.3 Å². The normalized spacial score (nSPS) is 12.5. The van der Waals surface area contributed by atoms with Crippen LogP contribution in [0.25, 0.3) is 0 Å². The summed E-state index contributed by atoms with van der Waals surface area (Å²) in [6, 6.07) is 1.85. The van der Waals surface area contributed by atoms with E-state index in [0.29, 0.717) is 0 Å². The van der Waals surface area contributed by atoms with Crippen LogP contribution >= 0.6 is 0 Å². The lowest BCUT2D eigenvalue weighted by Gasteiger charge is -2.15. The minimum Gasteiger partial charge on any atom is -0.304 e. The first-order valence-corrected chi connectivity index (χ1v) is 6.87. The van der Waals surface area contributed by atoms with Crippen molar-refractivity contribution in [3.05, 3.63) is 42.2 Å². The molecule has 0 bridgehead atoms. The summed E-state index contributed by atoms with van der Waals surface area (Å²) in [5, 5.41) is 7.86. The van der Waals surface area contributed by atoms with E-state index >= 15 is 0 Å². The third kappa shape index (κ3) is 3.61. The highest BCUT2D eigenvalue weighted by Gasteiger charge is 2.17. The first kappa shape index (κ1) is 13.7. The van der Waals surface area contributed by atoms with Gasteiger partial charge in [0.25, 0.3) is 0 Å². The quantitative estimate of drug-likeness (QED) is 0.828. The molecule has 1 N–H and O–H groups in total. The molecule has 0 aliphatic rings. The smallest absolute Gasteiger partial charge is 0.149 e. The topological polar surface area (TPSA) is 55.6 Å². The van der Waals surface area contributed by atoms with Gasteiger partial charge in [0.15, 0.2) is 0 Å². The summed E-state index contributed by atoms with van der Waals surface area (Å²) in [6.45, 7) is 6.17. The van der Waals surface area contributed by atoms with E-state index in [4.69, 9.17) is 0 Å². The average molecular weight is 259 g/mol. The molecular weight excluding hydrogens is 238 g/mol. The van der Waals surface area contributed by atoms with Crippen molar-refractivity contribution >= 4 is 0 Å². The monoisotopic (exact) mass is 259 g/mol. The minimum absolute atomic E-state index is 0.0201. The van der Waals surface area contributed by atoms with E-state index in [9.17, 15) is 0 Å². The molecule has 0 saturated carbocycles. The largest absolute Gasteiger partial charge is 0.304 e. The molecule has 0 aromatic carbocycles. The van der Waals surface area contributed by atoms with Crippen LogP contribution in [0.3, 0.4) is 0 Å². The summed E-state index contributed by atoms with van der Waals surface area (Å²) in [5.41, 5.74) is 1.12. The maximum atomic E-state index is 4.38. The Balaban J connectivity index is 2.21. The van der Waals surface area contributed by atoms with Crippen molar-refractivity contribution in [3.63, 3.8) is 0 Å². The molecule has 19 heavy (non-hydrogen) atoms. The van der Waals surface area contributed by atoms with Gasteiger partial charge in [-0.05, 0) is 25.5 Å². The van der Waals surface area contributed by atoms with Crippen LogP contribution in [-0.2, 0) is 6.54 Å². The van der Waals surface area contributed by atoms with Gasteiger partial charge in [-0.25, -0.2) is 9.97 Å².